The minimum absolute atomic E-state index is 0.120. The third-order valence-electron chi connectivity index (χ3n) is 6.76. The molecule has 1 aromatic carbocycles. The quantitative estimate of drug-likeness (QED) is 0.388. The molecule has 1 N–H and O–H groups in total. The van der Waals surface area contributed by atoms with E-state index >= 15 is 0 Å². The predicted molar refractivity (Wildman–Crippen MR) is 137 cm³/mol. The zero-order valence-corrected chi connectivity index (χ0v) is 21.5. The summed E-state index contributed by atoms with van der Waals surface area (Å²) in [6.07, 6.45) is 0.984. The zero-order chi connectivity index (χ0) is 26.2. The molecule has 0 aliphatic carbocycles. The van der Waals surface area contributed by atoms with Gasteiger partial charge in [0.15, 0.2) is 5.76 Å². The number of amides is 2. The lowest BCUT2D eigenvalue weighted by Crippen LogP contribution is -2.38. The van der Waals surface area contributed by atoms with E-state index in [9.17, 15) is 14.4 Å². The Labute approximate surface area is 217 Å². The second-order valence-electron chi connectivity index (χ2n) is 9.20. The molecular weight excluding hydrogens is 474 g/mol. The second kappa shape index (κ2) is 12.7. The Bertz CT molecular complexity index is 1120. The number of carbonyl (C=O) groups excluding carboxylic acids is 3. The number of ether oxygens (including phenoxy) is 2. The molecule has 0 bridgehead atoms. The number of morpholine rings is 1. The van der Waals surface area contributed by atoms with E-state index in [0.29, 0.717) is 23.6 Å². The van der Waals surface area contributed by atoms with Crippen molar-refractivity contribution in [3.05, 3.63) is 70.8 Å². The van der Waals surface area contributed by atoms with E-state index in [1.54, 1.807) is 26.0 Å². The van der Waals surface area contributed by atoms with Crippen LogP contribution in [0.4, 0.5) is 0 Å². The molecule has 198 valence electrons. The average molecular weight is 510 g/mol. The number of hydrogen-bond donors (Lipinski definition) is 1. The summed E-state index contributed by atoms with van der Waals surface area (Å²) in [5.74, 6) is -0.554. The first-order valence-electron chi connectivity index (χ1n) is 12.9. The molecule has 2 aromatic rings. The molecule has 3 heterocycles. The maximum Gasteiger partial charge on any atom is 0.336 e. The van der Waals surface area contributed by atoms with Gasteiger partial charge in [0, 0.05) is 37.7 Å². The van der Waals surface area contributed by atoms with Crippen LogP contribution < -0.4 is 5.32 Å². The number of carbonyl (C=O) groups is 3. The van der Waals surface area contributed by atoms with Crippen LogP contribution in [0.2, 0.25) is 0 Å². The van der Waals surface area contributed by atoms with Gasteiger partial charge in [-0.2, -0.15) is 0 Å². The van der Waals surface area contributed by atoms with Crippen molar-refractivity contribution in [2.24, 2.45) is 0 Å². The molecule has 2 aliphatic rings. The van der Waals surface area contributed by atoms with Crippen LogP contribution in [0.1, 0.15) is 54.5 Å². The van der Waals surface area contributed by atoms with Gasteiger partial charge in [-0.25, -0.2) is 4.79 Å². The minimum Gasteiger partial charge on any atom is -0.463 e. The average Bonchev–Trinajstić information content (AvgIpc) is 3.39. The topological polar surface area (TPSA) is 101 Å². The van der Waals surface area contributed by atoms with E-state index in [1.807, 2.05) is 30.3 Å². The fourth-order valence-corrected chi connectivity index (χ4v) is 4.80. The van der Waals surface area contributed by atoms with Crippen LogP contribution in [0.15, 0.2) is 58.2 Å². The summed E-state index contributed by atoms with van der Waals surface area (Å²) in [6.45, 7) is 8.68. The lowest BCUT2D eigenvalue weighted by Gasteiger charge is -2.34. The van der Waals surface area contributed by atoms with E-state index in [0.717, 1.165) is 44.8 Å². The van der Waals surface area contributed by atoms with Crippen LogP contribution in [0.3, 0.4) is 0 Å². The van der Waals surface area contributed by atoms with Crippen LogP contribution >= 0.6 is 0 Å². The monoisotopic (exact) mass is 509 g/mol. The molecular formula is C28H35N3O6. The lowest BCUT2D eigenvalue weighted by molar-refractivity contribution is -0.140. The molecule has 1 saturated heterocycles. The molecule has 1 aromatic heterocycles. The number of allylic oxidation sites excluding steroid dienone is 1. The largest absolute Gasteiger partial charge is 0.463 e. The molecule has 0 spiro atoms. The summed E-state index contributed by atoms with van der Waals surface area (Å²) in [6, 6.07) is 12.8. The highest BCUT2D eigenvalue weighted by Gasteiger charge is 2.37. The van der Waals surface area contributed by atoms with Gasteiger partial charge in [0.25, 0.3) is 5.91 Å². The van der Waals surface area contributed by atoms with Crippen LogP contribution in [-0.4, -0.2) is 73.6 Å². The van der Waals surface area contributed by atoms with Gasteiger partial charge in [-0.3, -0.25) is 14.5 Å². The van der Waals surface area contributed by atoms with Crippen LogP contribution in [0.5, 0.6) is 0 Å². The van der Waals surface area contributed by atoms with Crippen LogP contribution in [0, 0.1) is 0 Å². The molecule has 1 unspecified atom stereocenters. The van der Waals surface area contributed by atoms with E-state index < -0.39 is 5.97 Å². The van der Waals surface area contributed by atoms with Crippen LogP contribution in [0.25, 0.3) is 0 Å². The third kappa shape index (κ3) is 6.67. The van der Waals surface area contributed by atoms with Crippen molar-refractivity contribution in [1.29, 1.82) is 0 Å². The van der Waals surface area contributed by atoms with Gasteiger partial charge in [-0.1, -0.05) is 30.3 Å². The smallest absolute Gasteiger partial charge is 0.336 e. The summed E-state index contributed by atoms with van der Waals surface area (Å²) < 4.78 is 16.5. The maximum atomic E-state index is 13.2. The van der Waals surface area contributed by atoms with Crippen molar-refractivity contribution in [1.82, 2.24) is 15.1 Å². The van der Waals surface area contributed by atoms with E-state index in [4.69, 9.17) is 13.9 Å². The fourth-order valence-electron chi connectivity index (χ4n) is 4.80. The molecule has 2 amide bonds. The molecule has 1 fully saturated rings. The highest BCUT2D eigenvalue weighted by molar-refractivity contribution is 5.96. The lowest BCUT2D eigenvalue weighted by atomic mass is 9.83. The number of nitrogens with one attached hydrogen (secondary N) is 1. The van der Waals surface area contributed by atoms with Crippen molar-refractivity contribution in [3.63, 3.8) is 0 Å². The highest BCUT2D eigenvalue weighted by Crippen LogP contribution is 2.37. The van der Waals surface area contributed by atoms with Gasteiger partial charge in [-0.15, -0.1) is 0 Å². The Balaban J connectivity index is 1.41. The number of benzene rings is 1. The maximum absolute atomic E-state index is 13.2. The van der Waals surface area contributed by atoms with E-state index in [1.165, 1.54) is 4.90 Å². The number of furan rings is 1. The van der Waals surface area contributed by atoms with Crippen LogP contribution in [-0.2, 0) is 25.6 Å². The van der Waals surface area contributed by atoms with Crippen molar-refractivity contribution in [2.45, 2.75) is 39.2 Å². The molecule has 9 heteroatoms. The molecule has 37 heavy (non-hydrogen) atoms. The molecule has 0 radical (unpaired) electrons. The molecule has 9 nitrogen and oxygen atoms in total. The molecule has 0 saturated carbocycles. The van der Waals surface area contributed by atoms with Crippen molar-refractivity contribution in [2.75, 3.05) is 46.0 Å². The standard InChI is InChI=1S/C28H35N3O6/c1-3-36-28(34)26-20(2)31(25(32)18-23(26)21-8-5-4-6-9-21)19-22-10-11-24(37-22)27(33)29-12-7-13-30-14-16-35-17-15-30/h4-6,8-11,23H,3,7,12-19H2,1-2H3,(H,29,33). The van der Waals surface area contributed by atoms with Gasteiger partial charge >= 0.3 is 5.97 Å². The summed E-state index contributed by atoms with van der Waals surface area (Å²) in [7, 11) is 0. The Hall–Kier alpha value is -3.43. The Morgan fingerprint density at radius 3 is 2.59 bits per heavy atom. The van der Waals surface area contributed by atoms with Crippen molar-refractivity contribution in [3.8, 4) is 0 Å². The predicted octanol–water partition coefficient (Wildman–Crippen LogP) is 3.08. The van der Waals surface area contributed by atoms with Gasteiger partial charge in [0.1, 0.15) is 5.76 Å². The third-order valence-corrected chi connectivity index (χ3v) is 6.76. The second-order valence-corrected chi connectivity index (χ2v) is 9.20. The van der Waals surface area contributed by atoms with Gasteiger partial charge in [-0.05, 0) is 44.5 Å². The fraction of sp³-hybridized carbons (Fsp3) is 0.464. The first-order chi connectivity index (χ1) is 18.0. The highest BCUT2D eigenvalue weighted by atomic mass is 16.5. The molecule has 1 atom stereocenters. The van der Waals surface area contributed by atoms with Gasteiger partial charge in [0.05, 0.1) is 31.9 Å². The number of esters is 1. The minimum atomic E-state index is -0.428. The summed E-state index contributed by atoms with van der Waals surface area (Å²) >= 11 is 0. The number of hydrogen-bond acceptors (Lipinski definition) is 7. The van der Waals surface area contributed by atoms with Gasteiger partial charge < -0.3 is 24.1 Å². The number of nitrogens with zero attached hydrogens (tertiary/aromatic N) is 2. The molecule has 2 aliphatic heterocycles. The SMILES string of the molecule is CCOC(=O)C1=C(C)N(Cc2ccc(C(=O)NCCCN3CCOCC3)o2)C(=O)CC1c1ccccc1. The number of rotatable bonds is 10. The van der Waals surface area contributed by atoms with Gasteiger partial charge in [0.2, 0.25) is 5.91 Å². The van der Waals surface area contributed by atoms with E-state index in [-0.39, 0.29) is 43.1 Å². The zero-order valence-electron chi connectivity index (χ0n) is 21.5. The summed E-state index contributed by atoms with van der Waals surface area (Å²) in [4.78, 5) is 42.5. The Morgan fingerprint density at radius 1 is 1.11 bits per heavy atom. The summed E-state index contributed by atoms with van der Waals surface area (Å²) in [5.41, 5.74) is 1.90. The summed E-state index contributed by atoms with van der Waals surface area (Å²) in [5, 5.41) is 2.89. The normalized spacial score (nSPS) is 18.7. The first kappa shape index (κ1) is 26.6. The van der Waals surface area contributed by atoms with Crippen molar-refractivity contribution >= 4 is 17.8 Å². The Morgan fingerprint density at radius 2 is 1.86 bits per heavy atom. The van der Waals surface area contributed by atoms with Crippen molar-refractivity contribution < 1.29 is 28.3 Å². The molecule has 4 rings (SSSR count). The Kier molecular flexibility index (Phi) is 9.14. The first-order valence-corrected chi connectivity index (χ1v) is 12.9. The van der Waals surface area contributed by atoms with E-state index in [2.05, 4.69) is 10.2 Å².